The summed E-state index contributed by atoms with van der Waals surface area (Å²) in [5, 5.41) is 6.59. The van der Waals surface area contributed by atoms with E-state index in [2.05, 4.69) is 41.6 Å². The van der Waals surface area contributed by atoms with Crippen LogP contribution in [-0.2, 0) is 13.0 Å². The molecule has 0 spiro atoms. The smallest absolute Gasteiger partial charge is 0.191 e. The second-order valence-electron chi connectivity index (χ2n) is 5.48. The molecule has 6 heteroatoms. The predicted molar refractivity (Wildman–Crippen MR) is 113 cm³/mol. The van der Waals surface area contributed by atoms with Gasteiger partial charge in [0.25, 0.3) is 0 Å². The monoisotopic (exact) mass is 457 g/mol. The van der Waals surface area contributed by atoms with Crippen molar-refractivity contribution in [3.63, 3.8) is 0 Å². The number of ether oxygens (including phenoxy) is 1. The molecule has 2 N–H and O–H groups in total. The van der Waals surface area contributed by atoms with Crippen LogP contribution in [-0.4, -0.2) is 25.7 Å². The summed E-state index contributed by atoms with van der Waals surface area (Å²) >= 11 is 0. The largest absolute Gasteiger partial charge is 0.494 e. The van der Waals surface area contributed by atoms with E-state index in [0.29, 0.717) is 13.2 Å². The molecule has 0 bridgehead atoms. The van der Waals surface area contributed by atoms with Crippen LogP contribution in [0, 0.1) is 6.92 Å². The van der Waals surface area contributed by atoms with Gasteiger partial charge in [0.2, 0.25) is 0 Å². The van der Waals surface area contributed by atoms with Crippen LogP contribution in [0.25, 0.3) is 0 Å². The van der Waals surface area contributed by atoms with E-state index in [1.54, 1.807) is 6.26 Å². The number of halogens is 1. The molecule has 0 aliphatic heterocycles. The number of nitrogens with zero attached hydrogens (tertiary/aromatic N) is 1. The summed E-state index contributed by atoms with van der Waals surface area (Å²) in [6, 6.07) is 10.1. The lowest BCUT2D eigenvalue weighted by Gasteiger charge is -2.11. The fourth-order valence-corrected chi connectivity index (χ4v) is 2.40. The van der Waals surface area contributed by atoms with Gasteiger partial charge in [0, 0.05) is 19.5 Å². The summed E-state index contributed by atoms with van der Waals surface area (Å²) < 4.78 is 10.9. The lowest BCUT2D eigenvalue weighted by molar-refractivity contribution is 0.338. The molecule has 0 saturated heterocycles. The quantitative estimate of drug-likeness (QED) is 0.359. The van der Waals surface area contributed by atoms with Gasteiger partial charge in [0.1, 0.15) is 11.5 Å². The Balaban J connectivity index is 0.00000312. The van der Waals surface area contributed by atoms with E-state index in [1.165, 1.54) is 5.56 Å². The number of aliphatic imine (C=N–C) groups is 1. The molecule has 2 aromatic rings. The maximum atomic E-state index is 5.57. The van der Waals surface area contributed by atoms with Gasteiger partial charge in [-0.25, -0.2) is 4.99 Å². The van der Waals surface area contributed by atoms with E-state index < -0.39 is 0 Å². The third kappa shape index (κ3) is 7.37. The zero-order valence-electron chi connectivity index (χ0n) is 15.2. The second-order valence-corrected chi connectivity index (χ2v) is 5.48. The Hall–Kier alpha value is -1.70. The maximum Gasteiger partial charge on any atom is 0.191 e. The van der Waals surface area contributed by atoms with E-state index in [1.807, 2.05) is 25.1 Å². The second kappa shape index (κ2) is 11.8. The van der Waals surface area contributed by atoms with Crippen molar-refractivity contribution in [2.45, 2.75) is 33.7 Å². The lowest BCUT2D eigenvalue weighted by atomic mass is 10.1. The van der Waals surface area contributed by atoms with Crippen LogP contribution in [0.2, 0.25) is 0 Å². The molecular weight excluding hydrogens is 429 g/mol. The van der Waals surface area contributed by atoms with E-state index in [9.17, 15) is 0 Å². The molecule has 1 aromatic heterocycles. The van der Waals surface area contributed by atoms with Crippen LogP contribution in [0.1, 0.15) is 30.7 Å². The van der Waals surface area contributed by atoms with Crippen LogP contribution < -0.4 is 15.4 Å². The van der Waals surface area contributed by atoms with Crippen molar-refractivity contribution in [3.8, 4) is 5.75 Å². The molecule has 25 heavy (non-hydrogen) atoms. The van der Waals surface area contributed by atoms with Crippen LogP contribution >= 0.6 is 24.0 Å². The number of hydrogen-bond donors (Lipinski definition) is 2. The van der Waals surface area contributed by atoms with Gasteiger partial charge in [-0.05, 0) is 50.1 Å². The molecule has 0 aliphatic carbocycles. The Morgan fingerprint density at radius 2 is 2.04 bits per heavy atom. The molecule has 2 rings (SSSR count). The third-order valence-electron chi connectivity index (χ3n) is 3.55. The molecule has 1 heterocycles. The number of benzene rings is 1. The SMILES string of the molecule is CCNC(=NCc1ccc(OCC)c(C)c1)NCCc1ccco1.I. The maximum absolute atomic E-state index is 5.57. The van der Waals surface area contributed by atoms with Crippen LogP contribution in [0.3, 0.4) is 0 Å². The summed E-state index contributed by atoms with van der Waals surface area (Å²) in [4.78, 5) is 4.64. The zero-order chi connectivity index (χ0) is 17.2. The van der Waals surface area contributed by atoms with Gasteiger partial charge < -0.3 is 19.8 Å². The molecule has 0 atom stereocenters. The van der Waals surface area contributed by atoms with Gasteiger partial charge in [0.05, 0.1) is 19.4 Å². The summed E-state index contributed by atoms with van der Waals surface area (Å²) in [6.07, 6.45) is 2.53. The van der Waals surface area contributed by atoms with Crippen LogP contribution in [0.4, 0.5) is 0 Å². The van der Waals surface area contributed by atoms with Crippen molar-refractivity contribution in [2.24, 2.45) is 4.99 Å². The summed E-state index contributed by atoms with van der Waals surface area (Å²) in [5.41, 5.74) is 2.31. The first-order valence-corrected chi connectivity index (χ1v) is 8.49. The Morgan fingerprint density at radius 1 is 1.20 bits per heavy atom. The van der Waals surface area contributed by atoms with Crippen molar-refractivity contribution in [1.82, 2.24) is 10.6 Å². The minimum Gasteiger partial charge on any atom is -0.494 e. The molecule has 0 amide bonds. The lowest BCUT2D eigenvalue weighted by Crippen LogP contribution is -2.38. The Kier molecular flexibility index (Phi) is 10.1. The Morgan fingerprint density at radius 3 is 2.68 bits per heavy atom. The first-order chi connectivity index (χ1) is 11.7. The Bertz CT molecular complexity index is 642. The number of nitrogens with one attached hydrogen (secondary N) is 2. The summed E-state index contributed by atoms with van der Waals surface area (Å²) in [5.74, 6) is 2.73. The number of guanidine groups is 1. The highest BCUT2D eigenvalue weighted by Crippen LogP contribution is 2.19. The number of hydrogen-bond acceptors (Lipinski definition) is 3. The molecular formula is C19H28IN3O2. The molecule has 1 aromatic carbocycles. The van der Waals surface area contributed by atoms with Crippen molar-refractivity contribution in [1.29, 1.82) is 0 Å². The van der Waals surface area contributed by atoms with E-state index in [4.69, 9.17) is 9.15 Å². The highest BCUT2D eigenvalue weighted by Gasteiger charge is 2.02. The van der Waals surface area contributed by atoms with E-state index >= 15 is 0 Å². The molecule has 0 radical (unpaired) electrons. The van der Waals surface area contributed by atoms with Crippen molar-refractivity contribution in [3.05, 3.63) is 53.5 Å². The van der Waals surface area contributed by atoms with E-state index in [-0.39, 0.29) is 24.0 Å². The van der Waals surface area contributed by atoms with Crippen LogP contribution in [0.5, 0.6) is 5.75 Å². The van der Waals surface area contributed by atoms with Crippen molar-refractivity contribution < 1.29 is 9.15 Å². The number of furan rings is 1. The van der Waals surface area contributed by atoms with Gasteiger partial charge in [-0.3, -0.25) is 0 Å². The Labute approximate surface area is 167 Å². The average molecular weight is 457 g/mol. The molecule has 5 nitrogen and oxygen atoms in total. The first kappa shape index (κ1) is 21.3. The highest BCUT2D eigenvalue weighted by molar-refractivity contribution is 14.0. The molecule has 0 unspecified atom stereocenters. The minimum absolute atomic E-state index is 0. The average Bonchev–Trinajstić information content (AvgIpc) is 3.08. The van der Waals surface area contributed by atoms with Crippen molar-refractivity contribution in [2.75, 3.05) is 19.7 Å². The molecule has 0 saturated carbocycles. The van der Waals surface area contributed by atoms with Gasteiger partial charge in [-0.1, -0.05) is 12.1 Å². The fraction of sp³-hybridized carbons (Fsp3) is 0.421. The molecule has 0 aliphatic rings. The number of rotatable bonds is 8. The van der Waals surface area contributed by atoms with E-state index in [0.717, 1.165) is 42.5 Å². The number of aryl methyl sites for hydroxylation is 1. The van der Waals surface area contributed by atoms with Gasteiger partial charge in [-0.15, -0.1) is 24.0 Å². The molecule has 138 valence electrons. The van der Waals surface area contributed by atoms with Crippen LogP contribution in [0.15, 0.2) is 46.0 Å². The van der Waals surface area contributed by atoms with Gasteiger partial charge in [0.15, 0.2) is 5.96 Å². The normalized spacial score (nSPS) is 10.9. The highest BCUT2D eigenvalue weighted by atomic mass is 127. The zero-order valence-corrected chi connectivity index (χ0v) is 17.5. The van der Waals surface area contributed by atoms with Gasteiger partial charge in [-0.2, -0.15) is 0 Å². The third-order valence-corrected chi connectivity index (χ3v) is 3.55. The first-order valence-electron chi connectivity index (χ1n) is 8.49. The minimum atomic E-state index is 0. The summed E-state index contributed by atoms with van der Waals surface area (Å²) in [6.45, 7) is 9.03. The van der Waals surface area contributed by atoms with Gasteiger partial charge >= 0.3 is 0 Å². The standard InChI is InChI=1S/C19H27N3O2.HI/c1-4-20-19(21-11-10-17-7-6-12-24-17)22-14-16-8-9-18(23-5-2)15(3)13-16;/h6-9,12-13H,4-5,10-11,14H2,1-3H3,(H2,20,21,22);1H. The van der Waals surface area contributed by atoms with Crippen molar-refractivity contribution >= 4 is 29.9 Å². The summed E-state index contributed by atoms with van der Waals surface area (Å²) in [7, 11) is 0. The fourth-order valence-electron chi connectivity index (χ4n) is 2.40. The molecule has 0 fully saturated rings. The predicted octanol–water partition coefficient (Wildman–Crippen LogP) is 3.90. The topological polar surface area (TPSA) is 58.8 Å².